The number of benzene rings is 3. The number of amides is 3. The summed E-state index contributed by atoms with van der Waals surface area (Å²) in [5.41, 5.74) is 7.19. The number of aryl methyl sites for hydroxylation is 2. The van der Waals surface area contributed by atoms with Crippen LogP contribution >= 0.6 is 0 Å². The monoisotopic (exact) mass is 541 g/mol. The fraction of sp³-hybridized carbons (Fsp3) is 0.281. The van der Waals surface area contributed by atoms with Crippen molar-refractivity contribution in [1.82, 2.24) is 5.32 Å². The first-order chi connectivity index (χ1) is 19.2. The van der Waals surface area contributed by atoms with Crippen LogP contribution < -0.4 is 15.5 Å². The summed E-state index contributed by atoms with van der Waals surface area (Å²) in [7, 11) is 0. The maximum Gasteiger partial charge on any atom is 0.334 e. The first-order valence-corrected chi connectivity index (χ1v) is 13.4. The number of carboxylic acids is 1. The average Bonchev–Trinajstić information content (AvgIpc) is 2.94. The highest BCUT2D eigenvalue weighted by molar-refractivity contribution is 6.02. The highest BCUT2D eigenvalue weighted by Crippen LogP contribution is 2.29. The quantitative estimate of drug-likeness (QED) is 0.278. The Hall–Kier alpha value is -4.43. The molecule has 208 valence electrons. The summed E-state index contributed by atoms with van der Waals surface area (Å²) >= 11 is 0. The molecule has 0 aliphatic heterocycles. The van der Waals surface area contributed by atoms with Crippen LogP contribution in [0.1, 0.15) is 58.3 Å². The summed E-state index contributed by atoms with van der Waals surface area (Å²) in [6.45, 7) is 3.84. The highest BCUT2D eigenvalue weighted by Gasteiger charge is 2.19. The van der Waals surface area contributed by atoms with Crippen molar-refractivity contribution in [2.24, 2.45) is 0 Å². The second-order valence-electron chi connectivity index (χ2n) is 10.2. The minimum absolute atomic E-state index is 0.262. The van der Waals surface area contributed by atoms with Gasteiger partial charge in [-0.3, -0.25) is 9.69 Å². The molecular weight excluding hydrogens is 506 g/mol. The third-order valence-corrected chi connectivity index (χ3v) is 6.86. The van der Waals surface area contributed by atoms with Crippen LogP contribution in [-0.2, 0) is 11.3 Å². The standard InChI is InChI=1S/C32H35N3O5/c1-21-16-22(2)18-27(17-21)34-32(40)35(28-14-12-25(13-15-28)24-6-4-3-5-7-24)20-23-8-10-26(11-9-23)30(37)33-19-29(36)31(38)39/h6,8-18,29,36H,3-5,7,19-20H2,1-2H3,(H,33,37)(H,34,40)(H,38,39)/t29-/m1/s1. The number of nitrogens with one attached hydrogen (secondary N) is 2. The largest absolute Gasteiger partial charge is 0.479 e. The van der Waals surface area contributed by atoms with Gasteiger partial charge in [0.2, 0.25) is 0 Å². The molecule has 1 aliphatic carbocycles. The molecule has 4 N–H and O–H groups in total. The van der Waals surface area contributed by atoms with Gasteiger partial charge in [-0.05, 0) is 104 Å². The van der Waals surface area contributed by atoms with Gasteiger partial charge >= 0.3 is 12.0 Å². The molecule has 0 fully saturated rings. The van der Waals surface area contributed by atoms with Gasteiger partial charge in [0, 0.05) is 16.9 Å². The van der Waals surface area contributed by atoms with Crippen molar-refractivity contribution in [3.63, 3.8) is 0 Å². The molecule has 0 heterocycles. The van der Waals surface area contributed by atoms with E-state index >= 15 is 0 Å². The van der Waals surface area contributed by atoms with E-state index in [1.54, 1.807) is 29.2 Å². The molecule has 40 heavy (non-hydrogen) atoms. The SMILES string of the molecule is Cc1cc(C)cc(NC(=O)N(Cc2ccc(C(=O)NC[C@@H](O)C(=O)O)cc2)c2ccc(C3=CCCCC3)cc2)c1. The van der Waals surface area contributed by atoms with E-state index in [2.05, 4.69) is 28.8 Å². The van der Waals surface area contributed by atoms with E-state index in [1.807, 2.05) is 44.2 Å². The predicted molar refractivity (Wildman–Crippen MR) is 156 cm³/mol. The van der Waals surface area contributed by atoms with Crippen molar-refractivity contribution >= 4 is 34.9 Å². The molecule has 4 rings (SSSR count). The normalized spacial score (nSPS) is 13.6. The van der Waals surface area contributed by atoms with E-state index in [4.69, 9.17) is 5.11 Å². The number of urea groups is 1. The van der Waals surface area contributed by atoms with Gasteiger partial charge in [-0.25, -0.2) is 9.59 Å². The lowest BCUT2D eigenvalue weighted by Crippen LogP contribution is -2.36. The zero-order valence-corrected chi connectivity index (χ0v) is 22.8. The molecule has 0 saturated heterocycles. The van der Waals surface area contributed by atoms with E-state index < -0.39 is 24.5 Å². The van der Waals surface area contributed by atoms with Crippen LogP contribution in [0.3, 0.4) is 0 Å². The lowest BCUT2D eigenvalue weighted by Gasteiger charge is -2.24. The van der Waals surface area contributed by atoms with Crippen LogP contribution in [0.4, 0.5) is 16.2 Å². The van der Waals surface area contributed by atoms with Gasteiger partial charge < -0.3 is 20.8 Å². The summed E-state index contributed by atoms with van der Waals surface area (Å²) < 4.78 is 0. The van der Waals surface area contributed by atoms with Gasteiger partial charge in [0.15, 0.2) is 6.10 Å². The Morgan fingerprint density at radius 3 is 2.20 bits per heavy atom. The number of aliphatic carboxylic acids is 1. The summed E-state index contributed by atoms with van der Waals surface area (Å²) in [5, 5.41) is 23.6. The van der Waals surface area contributed by atoms with Gasteiger partial charge in [-0.15, -0.1) is 0 Å². The number of allylic oxidation sites excluding steroid dienone is 2. The maximum absolute atomic E-state index is 13.6. The number of anilines is 2. The first kappa shape index (κ1) is 28.6. The number of hydrogen-bond acceptors (Lipinski definition) is 4. The lowest BCUT2D eigenvalue weighted by molar-refractivity contribution is -0.146. The minimum atomic E-state index is -1.67. The van der Waals surface area contributed by atoms with Crippen molar-refractivity contribution in [2.45, 2.75) is 52.2 Å². The number of aliphatic hydroxyl groups is 1. The molecule has 3 amide bonds. The molecule has 3 aromatic carbocycles. The molecule has 0 radical (unpaired) electrons. The first-order valence-electron chi connectivity index (χ1n) is 13.4. The van der Waals surface area contributed by atoms with Gasteiger partial charge in [-0.2, -0.15) is 0 Å². The number of aliphatic hydroxyl groups excluding tert-OH is 1. The Balaban J connectivity index is 1.54. The van der Waals surface area contributed by atoms with E-state index in [1.165, 1.54) is 24.0 Å². The third-order valence-electron chi connectivity index (χ3n) is 6.86. The molecule has 1 atom stereocenters. The number of carboxylic acid groups (broad SMARTS) is 1. The third kappa shape index (κ3) is 7.57. The number of nitrogens with zero attached hydrogens (tertiary/aromatic N) is 1. The number of hydrogen-bond donors (Lipinski definition) is 4. The summed E-state index contributed by atoms with van der Waals surface area (Å²) in [6, 6.07) is 20.4. The molecule has 0 unspecified atom stereocenters. The van der Waals surface area contributed by atoms with Crippen molar-refractivity contribution < 1.29 is 24.6 Å². The van der Waals surface area contributed by atoms with Gasteiger partial charge in [0.25, 0.3) is 5.91 Å². The average molecular weight is 542 g/mol. The second-order valence-corrected chi connectivity index (χ2v) is 10.2. The second kappa shape index (κ2) is 13.1. The number of carbonyl (C=O) groups excluding carboxylic acids is 2. The Kier molecular flexibility index (Phi) is 9.35. The molecule has 8 heteroatoms. The fourth-order valence-electron chi connectivity index (χ4n) is 4.80. The molecular formula is C32H35N3O5. The number of rotatable bonds is 9. The van der Waals surface area contributed by atoms with E-state index in [9.17, 15) is 19.5 Å². The molecule has 1 aliphatic rings. The maximum atomic E-state index is 13.6. The van der Waals surface area contributed by atoms with Crippen LogP contribution in [0.15, 0.2) is 72.8 Å². The predicted octanol–water partition coefficient (Wildman–Crippen LogP) is 5.67. The Bertz CT molecular complexity index is 1380. The van der Waals surface area contributed by atoms with Gasteiger partial charge in [0.1, 0.15) is 0 Å². The van der Waals surface area contributed by atoms with Crippen LogP contribution in [0.25, 0.3) is 5.57 Å². The zero-order chi connectivity index (χ0) is 28.6. The Morgan fingerprint density at radius 1 is 0.925 bits per heavy atom. The molecule has 8 nitrogen and oxygen atoms in total. The van der Waals surface area contributed by atoms with Crippen LogP contribution in [0.2, 0.25) is 0 Å². The summed E-state index contributed by atoms with van der Waals surface area (Å²) in [6.07, 6.45) is 5.18. The van der Waals surface area contributed by atoms with Crippen molar-refractivity contribution in [2.75, 3.05) is 16.8 Å². The molecule has 3 aromatic rings. The van der Waals surface area contributed by atoms with Gasteiger partial charge in [-0.1, -0.05) is 36.4 Å². The lowest BCUT2D eigenvalue weighted by atomic mass is 9.93. The smallest absolute Gasteiger partial charge is 0.334 e. The number of carbonyl (C=O) groups is 3. The molecule has 0 aromatic heterocycles. The Morgan fingerprint density at radius 2 is 1.60 bits per heavy atom. The highest BCUT2D eigenvalue weighted by atomic mass is 16.4. The van der Waals surface area contributed by atoms with E-state index in [0.717, 1.165) is 35.2 Å². The Labute approximate surface area is 234 Å². The zero-order valence-electron chi connectivity index (χ0n) is 22.8. The van der Waals surface area contributed by atoms with Crippen molar-refractivity contribution in [3.8, 4) is 0 Å². The van der Waals surface area contributed by atoms with Gasteiger partial charge in [0.05, 0.1) is 13.1 Å². The van der Waals surface area contributed by atoms with Crippen molar-refractivity contribution in [3.05, 3.63) is 101 Å². The van der Waals surface area contributed by atoms with E-state index in [0.29, 0.717) is 11.3 Å². The van der Waals surface area contributed by atoms with Crippen LogP contribution in [0.5, 0.6) is 0 Å². The van der Waals surface area contributed by atoms with Crippen LogP contribution in [-0.4, -0.2) is 40.8 Å². The van der Waals surface area contributed by atoms with E-state index in [-0.39, 0.29) is 12.6 Å². The molecule has 0 saturated carbocycles. The summed E-state index contributed by atoms with van der Waals surface area (Å²) in [4.78, 5) is 38.4. The topological polar surface area (TPSA) is 119 Å². The van der Waals surface area contributed by atoms with Crippen molar-refractivity contribution in [1.29, 1.82) is 0 Å². The minimum Gasteiger partial charge on any atom is -0.479 e. The summed E-state index contributed by atoms with van der Waals surface area (Å²) in [5.74, 6) is -1.90. The molecule has 0 spiro atoms. The fourth-order valence-corrected chi connectivity index (χ4v) is 4.80. The molecule has 0 bridgehead atoms. The van der Waals surface area contributed by atoms with Crippen LogP contribution in [0, 0.1) is 13.8 Å².